The van der Waals surface area contributed by atoms with E-state index in [-0.39, 0.29) is 0 Å². The first-order valence-electron chi connectivity index (χ1n) is 6.93. The number of thioether (sulfide) groups is 1. The number of hydrogen-bond acceptors (Lipinski definition) is 4. The zero-order valence-corrected chi connectivity index (χ0v) is 13.7. The maximum atomic E-state index is 6.90. The Morgan fingerprint density at radius 3 is 2.43 bits per heavy atom. The van der Waals surface area contributed by atoms with Gasteiger partial charge >= 0.3 is 0 Å². The molecular weight excluding hydrogens is 280 g/mol. The smallest absolute Gasteiger partial charge is 0.0905 e. The van der Waals surface area contributed by atoms with E-state index in [9.17, 15) is 0 Å². The number of nitrogens with two attached hydrogens (primary N) is 2. The maximum absolute atomic E-state index is 6.90. The van der Waals surface area contributed by atoms with E-state index in [0.717, 1.165) is 18.4 Å². The van der Waals surface area contributed by atoms with Gasteiger partial charge in [0.15, 0.2) is 0 Å². The van der Waals surface area contributed by atoms with Crippen molar-refractivity contribution in [1.29, 1.82) is 5.41 Å². The van der Waals surface area contributed by atoms with Crippen molar-refractivity contribution < 1.29 is 0 Å². The Balaban J connectivity index is 0.000000344. The maximum Gasteiger partial charge on any atom is 0.0905 e. The normalized spacial score (nSPS) is 9.10. The second kappa shape index (κ2) is 13.4. The summed E-state index contributed by atoms with van der Waals surface area (Å²) in [6.45, 7) is 0. The molecule has 0 unspecified atom stereocenters. The number of rotatable bonds is 5. The number of unbranched alkanes of at least 4 members (excludes halogenated alkanes) is 1. The minimum absolute atomic E-state index is 0.316. The van der Waals surface area contributed by atoms with Crippen molar-refractivity contribution in [3.05, 3.63) is 42.6 Å². The van der Waals surface area contributed by atoms with Crippen molar-refractivity contribution in [2.24, 2.45) is 11.5 Å². The van der Waals surface area contributed by atoms with Gasteiger partial charge in [0.2, 0.25) is 0 Å². The molecule has 0 spiro atoms. The predicted molar refractivity (Wildman–Crippen MR) is 96.0 cm³/mol. The fourth-order valence-electron chi connectivity index (χ4n) is 1.58. The highest BCUT2D eigenvalue weighted by molar-refractivity contribution is 7.98. The minimum Gasteiger partial charge on any atom is -0.388 e. The summed E-state index contributed by atoms with van der Waals surface area (Å²) in [5.74, 6) is 1.50. The Hall–Kier alpha value is -1.59. The molecule has 0 amide bonds. The third kappa shape index (κ3) is 9.87. The van der Waals surface area contributed by atoms with Crippen LogP contribution in [0.25, 0.3) is 10.9 Å². The monoisotopic (exact) mass is 306 g/mol. The highest BCUT2D eigenvalue weighted by Gasteiger charge is 1.89. The second-order valence-electron chi connectivity index (χ2n) is 4.17. The molecule has 0 bridgehead atoms. The van der Waals surface area contributed by atoms with Crippen molar-refractivity contribution in [2.75, 3.05) is 19.1 Å². The molecule has 116 valence electrons. The van der Waals surface area contributed by atoms with Crippen LogP contribution in [0.4, 0.5) is 0 Å². The van der Waals surface area contributed by atoms with Crippen LogP contribution in [0.5, 0.6) is 0 Å². The van der Waals surface area contributed by atoms with Crippen molar-refractivity contribution in [3.8, 4) is 0 Å². The standard InChI is InChI=1S/C9H7N.C6H14N2S.CH5N/c1-2-6-9-8(4-1)5-3-7-10-9;1-9-5-3-2-4-6(7)8;1-2/h1-7H;2-5H2,1H3,(H3,7,8);2H2,1H3. The largest absolute Gasteiger partial charge is 0.388 e. The first-order chi connectivity index (χ1) is 10.2. The molecule has 0 saturated heterocycles. The third-order valence-electron chi connectivity index (χ3n) is 2.56. The number of hydrogen-bond donors (Lipinski definition) is 3. The predicted octanol–water partition coefficient (Wildman–Crippen LogP) is 3.27. The molecule has 5 N–H and O–H groups in total. The van der Waals surface area contributed by atoms with Gasteiger partial charge in [-0.15, -0.1) is 0 Å². The summed E-state index contributed by atoms with van der Waals surface area (Å²) in [6, 6.07) is 12.1. The zero-order chi connectivity index (χ0) is 15.9. The van der Waals surface area contributed by atoms with Gasteiger partial charge in [-0.1, -0.05) is 24.3 Å². The Kier molecular flexibility index (Phi) is 12.4. The first kappa shape index (κ1) is 19.4. The fraction of sp³-hybridized carbons (Fsp3) is 0.375. The van der Waals surface area contributed by atoms with Gasteiger partial charge in [0, 0.05) is 18.0 Å². The van der Waals surface area contributed by atoms with Crippen LogP contribution in [0.3, 0.4) is 0 Å². The number of amidine groups is 1. The topological polar surface area (TPSA) is 88.8 Å². The minimum atomic E-state index is 0.316. The van der Waals surface area contributed by atoms with Gasteiger partial charge in [0.05, 0.1) is 11.4 Å². The molecule has 4 nitrogen and oxygen atoms in total. The van der Waals surface area contributed by atoms with Gasteiger partial charge in [-0.3, -0.25) is 10.4 Å². The Labute approximate surface area is 131 Å². The van der Waals surface area contributed by atoms with Crippen LogP contribution in [0, 0.1) is 5.41 Å². The van der Waals surface area contributed by atoms with Gasteiger partial charge in [-0.25, -0.2) is 0 Å². The fourth-order valence-corrected chi connectivity index (χ4v) is 2.07. The Morgan fingerprint density at radius 2 is 1.81 bits per heavy atom. The average molecular weight is 306 g/mol. The first-order valence-corrected chi connectivity index (χ1v) is 8.32. The zero-order valence-electron chi connectivity index (χ0n) is 12.9. The van der Waals surface area contributed by atoms with Crippen molar-refractivity contribution in [1.82, 2.24) is 4.98 Å². The molecule has 0 atom stereocenters. The Morgan fingerprint density at radius 1 is 1.14 bits per heavy atom. The number of nitrogens with one attached hydrogen (secondary N) is 1. The van der Waals surface area contributed by atoms with Gasteiger partial charge in [0.1, 0.15) is 0 Å². The van der Waals surface area contributed by atoms with Crippen LogP contribution in [0.2, 0.25) is 0 Å². The highest BCUT2D eigenvalue weighted by atomic mass is 32.2. The summed E-state index contributed by atoms with van der Waals surface area (Å²) in [4.78, 5) is 4.18. The van der Waals surface area contributed by atoms with Crippen LogP contribution in [-0.4, -0.2) is 29.9 Å². The van der Waals surface area contributed by atoms with E-state index in [1.807, 2.05) is 42.2 Å². The van der Waals surface area contributed by atoms with Crippen molar-refractivity contribution >= 4 is 28.5 Å². The lowest BCUT2D eigenvalue weighted by Gasteiger charge is -1.95. The SMILES string of the molecule is CN.CSCCCCC(=N)N.c1ccc2ncccc2c1. The van der Waals surface area contributed by atoms with Crippen LogP contribution in [0.1, 0.15) is 19.3 Å². The van der Waals surface area contributed by atoms with Crippen molar-refractivity contribution in [2.45, 2.75) is 19.3 Å². The number of pyridine rings is 1. The van der Waals surface area contributed by atoms with E-state index in [0.29, 0.717) is 5.84 Å². The summed E-state index contributed by atoms with van der Waals surface area (Å²) in [5, 5.41) is 8.10. The van der Waals surface area contributed by atoms with E-state index in [1.165, 1.54) is 24.6 Å². The Bertz CT molecular complexity index is 437. The number of nitrogens with zero attached hydrogens (tertiary/aromatic N) is 1. The quantitative estimate of drug-likeness (QED) is 0.449. The molecule has 0 fully saturated rings. The van der Waals surface area contributed by atoms with E-state index in [1.54, 1.807) is 0 Å². The van der Waals surface area contributed by atoms with Gasteiger partial charge < -0.3 is 11.5 Å². The molecule has 2 aromatic rings. The molecule has 1 aromatic carbocycles. The second-order valence-corrected chi connectivity index (χ2v) is 5.16. The number of para-hydroxylation sites is 1. The van der Waals surface area contributed by atoms with E-state index >= 15 is 0 Å². The van der Waals surface area contributed by atoms with E-state index in [2.05, 4.69) is 29.1 Å². The summed E-state index contributed by atoms with van der Waals surface area (Å²) in [6.07, 6.45) is 6.91. The lowest BCUT2D eigenvalue weighted by Crippen LogP contribution is -2.08. The molecule has 0 saturated carbocycles. The summed E-state index contributed by atoms with van der Waals surface area (Å²) in [7, 11) is 1.50. The lowest BCUT2D eigenvalue weighted by atomic mass is 10.2. The summed E-state index contributed by atoms with van der Waals surface area (Å²) >= 11 is 1.84. The molecule has 0 aliphatic rings. The third-order valence-corrected chi connectivity index (χ3v) is 3.25. The molecule has 0 aliphatic heterocycles. The van der Waals surface area contributed by atoms with Crippen LogP contribution in [0.15, 0.2) is 42.6 Å². The van der Waals surface area contributed by atoms with Crippen LogP contribution in [-0.2, 0) is 0 Å². The van der Waals surface area contributed by atoms with Gasteiger partial charge in [-0.2, -0.15) is 11.8 Å². The average Bonchev–Trinajstić information content (AvgIpc) is 2.54. The van der Waals surface area contributed by atoms with Crippen LogP contribution >= 0.6 is 11.8 Å². The van der Waals surface area contributed by atoms with Gasteiger partial charge in [-0.05, 0) is 44.0 Å². The number of benzene rings is 1. The van der Waals surface area contributed by atoms with Crippen molar-refractivity contribution in [3.63, 3.8) is 0 Å². The molecule has 0 radical (unpaired) electrons. The summed E-state index contributed by atoms with van der Waals surface area (Å²) in [5.41, 5.74) is 10.7. The molecular formula is C16H26N4S. The molecule has 1 aromatic heterocycles. The summed E-state index contributed by atoms with van der Waals surface area (Å²) < 4.78 is 0. The molecule has 5 heteroatoms. The molecule has 0 aliphatic carbocycles. The van der Waals surface area contributed by atoms with Gasteiger partial charge in [0.25, 0.3) is 0 Å². The van der Waals surface area contributed by atoms with E-state index < -0.39 is 0 Å². The number of fused-ring (bicyclic) bond motifs is 1. The molecule has 2 rings (SSSR count). The lowest BCUT2D eigenvalue weighted by molar-refractivity contribution is 0.837. The molecule has 21 heavy (non-hydrogen) atoms. The molecule has 1 heterocycles. The highest BCUT2D eigenvalue weighted by Crippen LogP contribution is 2.07. The van der Waals surface area contributed by atoms with Crippen LogP contribution < -0.4 is 11.5 Å². The number of aromatic nitrogens is 1. The van der Waals surface area contributed by atoms with E-state index in [4.69, 9.17) is 11.1 Å².